The molecule has 0 radical (unpaired) electrons. The molecule has 1 saturated carbocycles. The van der Waals surface area contributed by atoms with E-state index in [2.05, 4.69) is 4.98 Å². The quantitative estimate of drug-likeness (QED) is 0.320. The number of nitrogens with zero attached hydrogens (tertiary/aromatic N) is 2. The molecule has 2 aliphatic rings. The molecule has 1 saturated heterocycles. The lowest BCUT2D eigenvalue weighted by molar-refractivity contribution is -0.135. The van der Waals surface area contributed by atoms with Crippen LogP contribution in [0.2, 0.25) is 0 Å². The number of carbonyl (C=O) groups excluding carboxylic acids is 2. The van der Waals surface area contributed by atoms with Crippen LogP contribution >= 0.6 is 24.0 Å². The number of carbonyl (C=O) groups is 2. The van der Waals surface area contributed by atoms with Crippen LogP contribution in [0.25, 0.3) is 6.08 Å². The molecule has 28 heavy (non-hydrogen) atoms. The van der Waals surface area contributed by atoms with E-state index in [0.717, 1.165) is 18.4 Å². The van der Waals surface area contributed by atoms with Gasteiger partial charge in [0.2, 0.25) is 0 Å². The van der Waals surface area contributed by atoms with E-state index in [1.165, 1.54) is 23.8 Å². The van der Waals surface area contributed by atoms with Gasteiger partial charge in [-0.25, -0.2) is 0 Å². The van der Waals surface area contributed by atoms with Crippen molar-refractivity contribution in [1.82, 2.24) is 4.98 Å². The largest absolute Gasteiger partial charge is 0.493 e. The Morgan fingerprint density at radius 2 is 2.14 bits per heavy atom. The van der Waals surface area contributed by atoms with E-state index < -0.39 is 0 Å². The van der Waals surface area contributed by atoms with Crippen molar-refractivity contribution in [2.75, 3.05) is 12.0 Å². The highest BCUT2D eigenvalue weighted by Crippen LogP contribution is 2.38. The van der Waals surface area contributed by atoms with E-state index in [0.29, 0.717) is 26.4 Å². The molecule has 142 valence electrons. The van der Waals surface area contributed by atoms with Gasteiger partial charge in [0, 0.05) is 6.20 Å². The lowest BCUT2D eigenvalue weighted by atomic mass is 10.2. The third-order valence-electron chi connectivity index (χ3n) is 4.30. The molecule has 1 aliphatic carbocycles. The minimum absolute atomic E-state index is 0.00140. The number of pyridine rings is 1. The Morgan fingerprint density at radius 1 is 1.32 bits per heavy atom. The summed E-state index contributed by atoms with van der Waals surface area (Å²) in [7, 11) is 1.51. The highest BCUT2D eigenvalue weighted by atomic mass is 32.2. The van der Waals surface area contributed by atoms with E-state index >= 15 is 0 Å². The van der Waals surface area contributed by atoms with Crippen LogP contribution in [0.1, 0.15) is 18.4 Å². The number of thiocarbonyl (C=S) groups is 1. The first kappa shape index (κ1) is 18.6. The Bertz CT molecular complexity index is 987. The van der Waals surface area contributed by atoms with Gasteiger partial charge in [0.15, 0.2) is 15.8 Å². The standard InChI is InChI=1S/C20H16N2O4S2/c1-25-16-9-12(4-7-15(16)26-19(24)13-5-6-13)10-17-18(23)22(20(27)28-17)14-3-2-8-21-11-14/h2-4,7-11,13H,5-6H2,1H3/b17-10-. The minimum atomic E-state index is -0.233. The average molecular weight is 412 g/mol. The summed E-state index contributed by atoms with van der Waals surface area (Å²) in [5.74, 6) is 0.373. The number of thioether (sulfide) groups is 1. The summed E-state index contributed by atoms with van der Waals surface area (Å²) in [5.41, 5.74) is 1.38. The molecule has 0 atom stereocenters. The SMILES string of the molecule is COc1cc(/C=C2\SC(=S)N(c3cccnc3)C2=O)ccc1OC(=O)C1CC1. The fourth-order valence-electron chi connectivity index (χ4n) is 2.70. The molecule has 0 N–H and O–H groups in total. The van der Waals surface area contributed by atoms with Crippen molar-refractivity contribution >= 4 is 51.9 Å². The maximum absolute atomic E-state index is 12.8. The average Bonchev–Trinajstić information content (AvgIpc) is 3.51. The topological polar surface area (TPSA) is 68.7 Å². The van der Waals surface area contributed by atoms with Gasteiger partial charge >= 0.3 is 5.97 Å². The number of rotatable bonds is 5. The molecule has 2 fully saturated rings. The Balaban J connectivity index is 1.57. The minimum Gasteiger partial charge on any atom is -0.493 e. The van der Waals surface area contributed by atoms with Gasteiger partial charge in [0.1, 0.15) is 0 Å². The zero-order chi connectivity index (χ0) is 19.7. The van der Waals surface area contributed by atoms with Crippen molar-refractivity contribution in [3.8, 4) is 11.5 Å². The van der Waals surface area contributed by atoms with Crippen LogP contribution in [0.3, 0.4) is 0 Å². The molecule has 1 aromatic heterocycles. The number of hydrogen-bond acceptors (Lipinski definition) is 7. The van der Waals surface area contributed by atoms with Crippen molar-refractivity contribution in [3.05, 3.63) is 53.2 Å². The smallest absolute Gasteiger partial charge is 0.314 e. The number of aromatic nitrogens is 1. The zero-order valence-electron chi connectivity index (χ0n) is 15.0. The highest BCUT2D eigenvalue weighted by Gasteiger charge is 2.34. The van der Waals surface area contributed by atoms with Gasteiger partial charge in [0.05, 0.1) is 29.8 Å². The lowest BCUT2D eigenvalue weighted by Crippen LogP contribution is -2.27. The second kappa shape index (κ2) is 7.73. The molecule has 0 bridgehead atoms. The van der Waals surface area contributed by atoms with Crippen LogP contribution in [0.5, 0.6) is 11.5 Å². The number of benzene rings is 1. The van der Waals surface area contributed by atoms with Gasteiger partial charge < -0.3 is 9.47 Å². The molecule has 6 nitrogen and oxygen atoms in total. The number of methoxy groups -OCH3 is 1. The molecule has 1 amide bonds. The summed E-state index contributed by atoms with van der Waals surface area (Å²) >= 11 is 6.58. The maximum atomic E-state index is 12.8. The zero-order valence-corrected chi connectivity index (χ0v) is 16.6. The molecule has 2 aromatic rings. The third-order valence-corrected chi connectivity index (χ3v) is 5.61. The van der Waals surface area contributed by atoms with Crippen molar-refractivity contribution in [2.24, 2.45) is 5.92 Å². The van der Waals surface area contributed by atoms with Crippen molar-refractivity contribution in [3.63, 3.8) is 0 Å². The van der Waals surface area contributed by atoms with Crippen LogP contribution in [0, 0.1) is 5.92 Å². The van der Waals surface area contributed by atoms with Gasteiger partial charge in [-0.1, -0.05) is 30.0 Å². The number of ether oxygens (including phenoxy) is 2. The van der Waals surface area contributed by atoms with Gasteiger partial charge in [-0.3, -0.25) is 19.5 Å². The first-order valence-electron chi connectivity index (χ1n) is 8.64. The number of anilines is 1. The molecule has 1 aliphatic heterocycles. The first-order valence-corrected chi connectivity index (χ1v) is 9.87. The second-order valence-electron chi connectivity index (χ2n) is 6.33. The monoisotopic (exact) mass is 412 g/mol. The van der Waals surface area contributed by atoms with E-state index in [1.807, 2.05) is 0 Å². The van der Waals surface area contributed by atoms with Crippen molar-refractivity contribution in [2.45, 2.75) is 12.8 Å². The Labute approximate surface area is 171 Å². The lowest BCUT2D eigenvalue weighted by Gasteiger charge is -2.13. The molecule has 0 spiro atoms. The summed E-state index contributed by atoms with van der Waals surface area (Å²) in [6.07, 6.45) is 6.72. The van der Waals surface area contributed by atoms with E-state index in [4.69, 9.17) is 21.7 Å². The molecule has 1 aromatic carbocycles. The van der Waals surface area contributed by atoms with Crippen LogP contribution in [-0.2, 0) is 9.59 Å². The predicted octanol–water partition coefficient (Wildman–Crippen LogP) is 3.81. The van der Waals surface area contributed by atoms with E-state index in [-0.39, 0.29) is 17.8 Å². The van der Waals surface area contributed by atoms with E-state index in [1.54, 1.807) is 48.8 Å². The van der Waals surface area contributed by atoms with Crippen LogP contribution < -0.4 is 14.4 Å². The molecule has 0 unspecified atom stereocenters. The number of amides is 1. The fourth-order valence-corrected chi connectivity index (χ4v) is 4.00. The molecule has 4 rings (SSSR count). The Morgan fingerprint density at radius 3 is 2.82 bits per heavy atom. The van der Waals surface area contributed by atoms with Gasteiger partial charge in [-0.15, -0.1) is 0 Å². The molecular weight excluding hydrogens is 396 g/mol. The van der Waals surface area contributed by atoms with Gasteiger partial charge in [-0.05, 0) is 48.7 Å². The summed E-state index contributed by atoms with van der Waals surface area (Å²) < 4.78 is 11.2. The summed E-state index contributed by atoms with van der Waals surface area (Å²) in [5, 5.41) is 0. The second-order valence-corrected chi connectivity index (χ2v) is 8.01. The van der Waals surface area contributed by atoms with Gasteiger partial charge in [-0.2, -0.15) is 0 Å². The van der Waals surface area contributed by atoms with Crippen LogP contribution in [0.4, 0.5) is 5.69 Å². The highest BCUT2D eigenvalue weighted by molar-refractivity contribution is 8.27. The normalized spacial score (nSPS) is 17.9. The summed E-state index contributed by atoms with van der Waals surface area (Å²) in [6, 6.07) is 8.71. The third kappa shape index (κ3) is 3.79. The molecular formula is C20H16N2O4S2. The predicted molar refractivity (Wildman–Crippen MR) is 111 cm³/mol. The van der Waals surface area contributed by atoms with Crippen molar-refractivity contribution in [1.29, 1.82) is 0 Å². The Kier molecular flexibility index (Phi) is 5.15. The van der Waals surface area contributed by atoms with Crippen LogP contribution in [-0.4, -0.2) is 28.3 Å². The number of esters is 1. The van der Waals surface area contributed by atoms with Crippen LogP contribution in [0.15, 0.2) is 47.6 Å². The Hall–Kier alpha value is -2.71. The van der Waals surface area contributed by atoms with Crippen molar-refractivity contribution < 1.29 is 19.1 Å². The molecule has 2 heterocycles. The first-order chi connectivity index (χ1) is 13.6. The van der Waals surface area contributed by atoms with E-state index in [9.17, 15) is 9.59 Å². The number of hydrogen-bond donors (Lipinski definition) is 0. The maximum Gasteiger partial charge on any atom is 0.314 e. The fraction of sp³-hybridized carbons (Fsp3) is 0.200. The summed E-state index contributed by atoms with van der Waals surface area (Å²) in [6.45, 7) is 0. The summed E-state index contributed by atoms with van der Waals surface area (Å²) in [4.78, 5) is 30.7. The van der Waals surface area contributed by atoms with Gasteiger partial charge in [0.25, 0.3) is 5.91 Å². The molecule has 8 heteroatoms.